The lowest BCUT2D eigenvalue weighted by molar-refractivity contribution is -0.117. The van der Waals surface area contributed by atoms with E-state index >= 15 is 0 Å². The van der Waals surface area contributed by atoms with Crippen molar-refractivity contribution in [1.29, 1.82) is 5.26 Å². The van der Waals surface area contributed by atoms with E-state index < -0.39 is 0 Å². The molecule has 0 fully saturated rings. The van der Waals surface area contributed by atoms with Crippen molar-refractivity contribution < 1.29 is 9.53 Å². The highest BCUT2D eigenvalue weighted by atomic mass is 16.5. The van der Waals surface area contributed by atoms with Crippen molar-refractivity contribution in [2.24, 2.45) is 0 Å². The van der Waals surface area contributed by atoms with Crippen LogP contribution in [0.5, 0.6) is 5.75 Å². The molecule has 1 amide bonds. The second-order valence-electron chi connectivity index (χ2n) is 5.75. The number of carbonyl (C=O) groups excluding carboxylic acids is 1. The molecule has 0 aliphatic rings. The standard InChI is InChI=1S/C18H26N4O2/c1-14(15-6-8-17(24-4)9-7-15)21-18(23)16(12-19)13-20-10-5-11-22(2)3/h6-9,13-14,20H,5,10-11H2,1-4H3,(H,21,23)/b16-13-. The van der Waals surface area contributed by atoms with Gasteiger partial charge in [-0.15, -0.1) is 0 Å². The number of amides is 1. The first-order valence-corrected chi connectivity index (χ1v) is 7.91. The van der Waals surface area contributed by atoms with E-state index in [0.717, 1.165) is 24.3 Å². The van der Waals surface area contributed by atoms with Crippen LogP contribution in [0.2, 0.25) is 0 Å². The third kappa shape index (κ3) is 6.71. The highest BCUT2D eigenvalue weighted by molar-refractivity contribution is 5.97. The summed E-state index contributed by atoms with van der Waals surface area (Å²) in [6, 6.07) is 9.19. The second kappa shape index (κ2) is 10.3. The number of carbonyl (C=O) groups is 1. The molecule has 1 aromatic carbocycles. The van der Waals surface area contributed by atoms with Crippen LogP contribution in [0.25, 0.3) is 0 Å². The van der Waals surface area contributed by atoms with Gasteiger partial charge in [-0.3, -0.25) is 4.79 Å². The predicted octanol–water partition coefficient (Wildman–Crippen LogP) is 1.82. The fourth-order valence-corrected chi connectivity index (χ4v) is 2.07. The van der Waals surface area contributed by atoms with Gasteiger partial charge in [0, 0.05) is 12.7 Å². The number of ether oxygens (including phenoxy) is 1. The van der Waals surface area contributed by atoms with E-state index in [1.54, 1.807) is 7.11 Å². The minimum Gasteiger partial charge on any atom is -0.497 e. The Bertz CT molecular complexity index is 588. The van der Waals surface area contributed by atoms with E-state index in [9.17, 15) is 4.79 Å². The summed E-state index contributed by atoms with van der Waals surface area (Å²) in [4.78, 5) is 14.3. The highest BCUT2D eigenvalue weighted by Gasteiger charge is 2.13. The van der Waals surface area contributed by atoms with Gasteiger partial charge < -0.3 is 20.3 Å². The number of hydrogen-bond donors (Lipinski definition) is 2. The van der Waals surface area contributed by atoms with Crippen molar-refractivity contribution in [2.75, 3.05) is 34.3 Å². The van der Waals surface area contributed by atoms with Crippen LogP contribution in [0.3, 0.4) is 0 Å². The van der Waals surface area contributed by atoms with E-state index in [2.05, 4.69) is 15.5 Å². The first kappa shape index (κ1) is 19.5. The highest BCUT2D eigenvalue weighted by Crippen LogP contribution is 2.17. The molecule has 0 aliphatic heterocycles. The Morgan fingerprint density at radius 3 is 2.58 bits per heavy atom. The maximum absolute atomic E-state index is 12.2. The Labute approximate surface area is 144 Å². The molecule has 0 heterocycles. The van der Waals surface area contributed by atoms with Crippen LogP contribution < -0.4 is 15.4 Å². The summed E-state index contributed by atoms with van der Waals surface area (Å²) in [6.07, 6.45) is 2.41. The van der Waals surface area contributed by atoms with Gasteiger partial charge in [0.05, 0.1) is 13.2 Å². The van der Waals surface area contributed by atoms with E-state index in [1.165, 1.54) is 6.20 Å². The SMILES string of the molecule is COc1ccc(C(C)NC(=O)/C(C#N)=C\NCCCN(C)C)cc1. The van der Waals surface area contributed by atoms with Crippen LogP contribution in [0.1, 0.15) is 24.9 Å². The molecule has 1 aromatic rings. The molecule has 1 atom stereocenters. The lowest BCUT2D eigenvalue weighted by Gasteiger charge is -2.14. The van der Waals surface area contributed by atoms with Crippen molar-refractivity contribution in [2.45, 2.75) is 19.4 Å². The average molecular weight is 330 g/mol. The number of nitriles is 1. The fourth-order valence-electron chi connectivity index (χ4n) is 2.07. The molecular formula is C18H26N4O2. The van der Waals surface area contributed by atoms with E-state index in [-0.39, 0.29) is 17.5 Å². The third-order valence-electron chi connectivity index (χ3n) is 3.50. The number of rotatable bonds is 9. The third-order valence-corrected chi connectivity index (χ3v) is 3.50. The molecule has 6 heteroatoms. The van der Waals surface area contributed by atoms with Gasteiger partial charge >= 0.3 is 0 Å². The molecule has 0 radical (unpaired) electrons. The van der Waals surface area contributed by atoms with Gasteiger partial charge in [-0.1, -0.05) is 12.1 Å². The Kier molecular flexibility index (Phi) is 8.37. The van der Waals surface area contributed by atoms with Crippen molar-refractivity contribution in [1.82, 2.24) is 15.5 Å². The van der Waals surface area contributed by atoms with Crippen LogP contribution in [0.4, 0.5) is 0 Å². The van der Waals surface area contributed by atoms with Gasteiger partial charge in [0.1, 0.15) is 17.4 Å². The Balaban J connectivity index is 2.54. The van der Waals surface area contributed by atoms with Crippen LogP contribution in [-0.4, -0.2) is 45.1 Å². The molecule has 6 nitrogen and oxygen atoms in total. The van der Waals surface area contributed by atoms with Crippen LogP contribution >= 0.6 is 0 Å². The lowest BCUT2D eigenvalue weighted by Crippen LogP contribution is -2.28. The molecule has 0 aliphatic carbocycles. The van der Waals surface area contributed by atoms with Gasteiger partial charge in [0.25, 0.3) is 5.91 Å². The monoisotopic (exact) mass is 330 g/mol. The van der Waals surface area contributed by atoms with Gasteiger partial charge in [-0.25, -0.2) is 0 Å². The number of benzene rings is 1. The molecule has 24 heavy (non-hydrogen) atoms. The molecule has 0 aromatic heterocycles. The molecular weight excluding hydrogens is 304 g/mol. The average Bonchev–Trinajstić information content (AvgIpc) is 2.57. The summed E-state index contributed by atoms with van der Waals surface area (Å²) in [7, 11) is 5.62. The van der Waals surface area contributed by atoms with Gasteiger partial charge in [-0.2, -0.15) is 5.26 Å². The molecule has 0 saturated carbocycles. The molecule has 2 N–H and O–H groups in total. The van der Waals surface area contributed by atoms with Gasteiger partial charge in [-0.05, 0) is 51.7 Å². The summed E-state index contributed by atoms with van der Waals surface area (Å²) >= 11 is 0. The zero-order valence-electron chi connectivity index (χ0n) is 14.8. The van der Waals surface area contributed by atoms with Crippen LogP contribution in [0, 0.1) is 11.3 Å². The van der Waals surface area contributed by atoms with E-state index in [0.29, 0.717) is 6.54 Å². The molecule has 1 unspecified atom stereocenters. The van der Waals surface area contributed by atoms with Crippen molar-refractivity contribution in [3.63, 3.8) is 0 Å². The van der Waals surface area contributed by atoms with Crippen molar-refractivity contribution >= 4 is 5.91 Å². The first-order valence-electron chi connectivity index (χ1n) is 7.91. The summed E-state index contributed by atoms with van der Waals surface area (Å²) in [6.45, 7) is 3.54. The minimum atomic E-state index is -0.388. The Morgan fingerprint density at radius 2 is 2.04 bits per heavy atom. The smallest absolute Gasteiger partial charge is 0.263 e. The zero-order valence-corrected chi connectivity index (χ0v) is 14.8. The quantitative estimate of drug-likeness (QED) is 0.410. The van der Waals surface area contributed by atoms with E-state index in [4.69, 9.17) is 10.00 Å². The maximum atomic E-state index is 12.2. The lowest BCUT2D eigenvalue weighted by atomic mass is 10.1. The Hall–Kier alpha value is -2.52. The molecule has 0 spiro atoms. The number of methoxy groups -OCH3 is 1. The summed E-state index contributed by atoms with van der Waals surface area (Å²) in [5.74, 6) is 0.373. The summed E-state index contributed by atoms with van der Waals surface area (Å²) < 4.78 is 5.11. The van der Waals surface area contributed by atoms with Crippen molar-refractivity contribution in [3.05, 3.63) is 41.6 Å². The number of hydrogen-bond acceptors (Lipinski definition) is 5. The predicted molar refractivity (Wildman–Crippen MR) is 94.4 cm³/mol. The van der Waals surface area contributed by atoms with Crippen LogP contribution in [-0.2, 0) is 4.79 Å². The first-order chi connectivity index (χ1) is 11.5. The normalized spacial score (nSPS) is 12.4. The number of nitrogens with one attached hydrogen (secondary N) is 2. The maximum Gasteiger partial charge on any atom is 0.263 e. The molecule has 130 valence electrons. The topological polar surface area (TPSA) is 77.4 Å². The fraction of sp³-hybridized carbons (Fsp3) is 0.444. The van der Waals surface area contributed by atoms with Crippen molar-refractivity contribution in [3.8, 4) is 11.8 Å². The summed E-state index contributed by atoms with van der Waals surface area (Å²) in [5.41, 5.74) is 1.01. The van der Waals surface area contributed by atoms with Gasteiger partial charge in [0.15, 0.2) is 0 Å². The molecule has 1 rings (SSSR count). The largest absolute Gasteiger partial charge is 0.497 e. The molecule has 0 bridgehead atoms. The van der Waals surface area contributed by atoms with Crippen LogP contribution in [0.15, 0.2) is 36.0 Å². The minimum absolute atomic E-state index is 0.0696. The number of nitrogens with zero attached hydrogens (tertiary/aromatic N) is 2. The Morgan fingerprint density at radius 1 is 1.38 bits per heavy atom. The zero-order chi connectivity index (χ0) is 17.9. The van der Waals surface area contributed by atoms with Gasteiger partial charge in [0.2, 0.25) is 0 Å². The molecule has 0 saturated heterocycles. The summed E-state index contributed by atoms with van der Waals surface area (Å²) in [5, 5.41) is 15.0. The second-order valence-corrected chi connectivity index (χ2v) is 5.75. The van der Waals surface area contributed by atoms with E-state index in [1.807, 2.05) is 51.4 Å².